The lowest BCUT2D eigenvalue weighted by atomic mass is 10.1. The van der Waals surface area contributed by atoms with E-state index in [0.29, 0.717) is 18.9 Å². The number of nitrogens with two attached hydrogens (primary N) is 1. The smallest absolute Gasteiger partial charge is 0.220 e. The molecule has 1 aromatic rings. The van der Waals surface area contributed by atoms with Gasteiger partial charge in [-0.1, -0.05) is 6.92 Å². The Kier molecular flexibility index (Phi) is 5.69. The second-order valence-corrected chi connectivity index (χ2v) is 4.61. The summed E-state index contributed by atoms with van der Waals surface area (Å²) in [5.74, 6) is 0.502. The summed E-state index contributed by atoms with van der Waals surface area (Å²) in [6, 6.07) is 0.116. The van der Waals surface area contributed by atoms with E-state index in [2.05, 4.69) is 17.2 Å². The Hall–Kier alpha value is -1.36. The van der Waals surface area contributed by atoms with Crippen molar-refractivity contribution in [1.29, 1.82) is 0 Å². The zero-order chi connectivity index (χ0) is 12.7. The number of nitrogens with zero attached hydrogens (tertiary/aromatic N) is 2. The summed E-state index contributed by atoms with van der Waals surface area (Å²) in [6.07, 6.45) is 6.77. The van der Waals surface area contributed by atoms with Crippen LogP contribution in [-0.4, -0.2) is 28.0 Å². The van der Waals surface area contributed by atoms with Gasteiger partial charge >= 0.3 is 0 Å². The molecular formula is C12H22N4O. The Morgan fingerprint density at radius 2 is 2.29 bits per heavy atom. The van der Waals surface area contributed by atoms with Gasteiger partial charge in [0.05, 0.1) is 6.33 Å². The van der Waals surface area contributed by atoms with Crippen molar-refractivity contribution in [1.82, 2.24) is 14.9 Å². The minimum Gasteiger partial charge on any atom is -0.352 e. The van der Waals surface area contributed by atoms with E-state index in [4.69, 9.17) is 5.73 Å². The molecule has 0 spiro atoms. The van der Waals surface area contributed by atoms with E-state index in [9.17, 15) is 4.79 Å². The summed E-state index contributed by atoms with van der Waals surface area (Å²) in [5.41, 5.74) is 5.51. The molecule has 1 heterocycles. The molecular weight excluding hydrogens is 216 g/mol. The number of aromatic nitrogens is 2. The molecule has 1 aromatic heterocycles. The van der Waals surface area contributed by atoms with E-state index in [1.807, 2.05) is 17.7 Å². The molecule has 5 nitrogen and oxygen atoms in total. The maximum Gasteiger partial charge on any atom is 0.220 e. The number of hydrogen-bond acceptors (Lipinski definition) is 3. The van der Waals surface area contributed by atoms with E-state index in [0.717, 1.165) is 13.0 Å². The van der Waals surface area contributed by atoms with E-state index in [1.165, 1.54) is 0 Å². The van der Waals surface area contributed by atoms with Gasteiger partial charge in [-0.05, 0) is 25.8 Å². The summed E-state index contributed by atoms with van der Waals surface area (Å²) >= 11 is 0. The van der Waals surface area contributed by atoms with Crippen molar-refractivity contribution < 1.29 is 4.79 Å². The lowest BCUT2D eigenvalue weighted by molar-refractivity contribution is -0.122. The number of carbonyl (C=O) groups is 1. The summed E-state index contributed by atoms with van der Waals surface area (Å²) in [7, 11) is 0. The molecule has 2 atom stereocenters. The van der Waals surface area contributed by atoms with Crippen LogP contribution < -0.4 is 11.1 Å². The van der Waals surface area contributed by atoms with Gasteiger partial charge in [0.15, 0.2) is 0 Å². The molecule has 0 saturated carbocycles. The highest BCUT2D eigenvalue weighted by atomic mass is 16.1. The van der Waals surface area contributed by atoms with Crippen molar-refractivity contribution in [2.75, 3.05) is 6.54 Å². The topological polar surface area (TPSA) is 72.9 Å². The Labute approximate surface area is 102 Å². The number of nitrogens with one attached hydrogen (secondary N) is 1. The molecule has 5 heteroatoms. The van der Waals surface area contributed by atoms with Gasteiger partial charge in [0.1, 0.15) is 0 Å². The average Bonchev–Trinajstić information content (AvgIpc) is 2.78. The van der Waals surface area contributed by atoms with Gasteiger partial charge in [0.2, 0.25) is 5.91 Å². The molecule has 0 saturated heterocycles. The molecule has 1 amide bonds. The Morgan fingerprint density at radius 3 is 2.88 bits per heavy atom. The van der Waals surface area contributed by atoms with Crippen LogP contribution in [0.5, 0.6) is 0 Å². The number of hydrogen-bond donors (Lipinski definition) is 2. The van der Waals surface area contributed by atoms with Gasteiger partial charge in [0, 0.05) is 31.4 Å². The number of amides is 1. The fourth-order valence-electron chi connectivity index (χ4n) is 1.60. The summed E-state index contributed by atoms with van der Waals surface area (Å²) in [5, 5.41) is 2.97. The molecule has 0 fully saturated rings. The van der Waals surface area contributed by atoms with Crippen LogP contribution >= 0.6 is 0 Å². The SMILES string of the molecule is CC(CN)CCC(=O)NC(C)Cn1ccnc1. The molecule has 96 valence electrons. The van der Waals surface area contributed by atoms with Gasteiger partial charge in [-0.3, -0.25) is 4.79 Å². The summed E-state index contributed by atoms with van der Waals surface area (Å²) in [4.78, 5) is 15.6. The highest BCUT2D eigenvalue weighted by molar-refractivity contribution is 5.76. The van der Waals surface area contributed by atoms with Crippen molar-refractivity contribution in [3.05, 3.63) is 18.7 Å². The predicted molar refractivity (Wildman–Crippen MR) is 67.3 cm³/mol. The second-order valence-electron chi connectivity index (χ2n) is 4.61. The molecule has 0 radical (unpaired) electrons. The van der Waals surface area contributed by atoms with Crippen LogP contribution in [0.3, 0.4) is 0 Å². The lowest BCUT2D eigenvalue weighted by Crippen LogP contribution is -2.35. The number of imidazole rings is 1. The van der Waals surface area contributed by atoms with Gasteiger partial charge in [-0.15, -0.1) is 0 Å². The third-order valence-corrected chi connectivity index (χ3v) is 2.72. The van der Waals surface area contributed by atoms with Crippen molar-refractivity contribution >= 4 is 5.91 Å². The highest BCUT2D eigenvalue weighted by Crippen LogP contribution is 2.03. The first-order chi connectivity index (χ1) is 8.11. The maximum atomic E-state index is 11.6. The molecule has 17 heavy (non-hydrogen) atoms. The van der Waals surface area contributed by atoms with E-state index in [-0.39, 0.29) is 11.9 Å². The number of carbonyl (C=O) groups excluding carboxylic acids is 1. The number of rotatable bonds is 7. The normalized spacial score (nSPS) is 14.3. The van der Waals surface area contributed by atoms with Crippen LogP contribution in [0.4, 0.5) is 0 Å². The molecule has 0 bridgehead atoms. The van der Waals surface area contributed by atoms with Crippen LogP contribution in [-0.2, 0) is 11.3 Å². The molecule has 3 N–H and O–H groups in total. The lowest BCUT2D eigenvalue weighted by Gasteiger charge is -2.15. The van der Waals surface area contributed by atoms with E-state index in [1.54, 1.807) is 12.5 Å². The maximum absolute atomic E-state index is 11.6. The molecule has 0 aliphatic heterocycles. The first-order valence-corrected chi connectivity index (χ1v) is 6.07. The van der Waals surface area contributed by atoms with Gasteiger partial charge in [-0.25, -0.2) is 4.98 Å². The Bertz CT molecular complexity index is 323. The standard InChI is InChI=1S/C12H22N4O/c1-10(7-13)3-4-12(17)15-11(2)8-16-6-5-14-9-16/h5-6,9-11H,3-4,7-8,13H2,1-2H3,(H,15,17). The molecule has 1 rings (SSSR count). The highest BCUT2D eigenvalue weighted by Gasteiger charge is 2.09. The van der Waals surface area contributed by atoms with E-state index < -0.39 is 0 Å². The van der Waals surface area contributed by atoms with Crippen LogP contribution in [0, 0.1) is 5.92 Å². The first-order valence-electron chi connectivity index (χ1n) is 6.07. The average molecular weight is 238 g/mol. The quantitative estimate of drug-likeness (QED) is 0.736. The third kappa shape index (κ3) is 5.49. The van der Waals surface area contributed by atoms with Crippen LogP contribution in [0.15, 0.2) is 18.7 Å². The van der Waals surface area contributed by atoms with Crippen LogP contribution in [0.1, 0.15) is 26.7 Å². The van der Waals surface area contributed by atoms with Crippen molar-refractivity contribution in [2.24, 2.45) is 11.7 Å². The fraction of sp³-hybridized carbons (Fsp3) is 0.667. The summed E-state index contributed by atoms with van der Waals surface area (Å²) in [6.45, 7) is 5.43. The molecule has 0 aromatic carbocycles. The van der Waals surface area contributed by atoms with E-state index >= 15 is 0 Å². The predicted octanol–water partition coefficient (Wildman–Crippen LogP) is 0.763. The van der Waals surface area contributed by atoms with Crippen LogP contribution in [0.2, 0.25) is 0 Å². The van der Waals surface area contributed by atoms with Gasteiger partial charge < -0.3 is 15.6 Å². The minimum absolute atomic E-state index is 0.0953. The zero-order valence-electron chi connectivity index (χ0n) is 10.6. The van der Waals surface area contributed by atoms with Crippen molar-refractivity contribution in [2.45, 2.75) is 39.3 Å². The van der Waals surface area contributed by atoms with Crippen molar-refractivity contribution in [3.8, 4) is 0 Å². The monoisotopic (exact) mass is 238 g/mol. The van der Waals surface area contributed by atoms with Crippen LogP contribution in [0.25, 0.3) is 0 Å². The molecule has 0 aliphatic carbocycles. The largest absolute Gasteiger partial charge is 0.352 e. The third-order valence-electron chi connectivity index (χ3n) is 2.72. The van der Waals surface area contributed by atoms with Gasteiger partial charge in [0.25, 0.3) is 0 Å². The summed E-state index contributed by atoms with van der Waals surface area (Å²) < 4.78 is 1.95. The Balaban J connectivity index is 2.21. The zero-order valence-corrected chi connectivity index (χ0v) is 10.6. The molecule has 0 aliphatic rings. The first kappa shape index (κ1) is 13.7. The Morgan fingerprint density at radius 1 is 1.53 bits per heavy atom. The van der Waals surface area contributed by atoms with Crippen molar-refractivity contribution in [3.63, 3.8) is 0 Å². The van der Waals surface area contributed by atoms with Gasteiger partial charge in [-0.2, -0.15) is 0 Å². The molecule has 2 unspecified atom stereocenters. The minimum atomic E-state index is 0.0953. The fourth-order valence-corrected chi connectivity index (χ4v) is 1.60. The second kappa shape index (κ2) is 7.06.